The minimum absolute atomic E-state index is 0.117. The lowest BCUT2D eigenvalue weighted by atomic mass is 10.1. The molecule has 0 unspecified atom stereocenters. The molecule has 3 rings (SSSR count). The van der Waals surface area contributed by atoms with Gasteiger partial charge in [-0.15, -0.1) is 0 Å². The number of halogens is 1. The number of aromatic nitrogens is 4. The van der Waals surface area contributed by atoms with E-state index in [-0.39, 0.29) is 5.54 Å². The third-order valence-corrected chi connectivity index (χ3v) is 3.96. The Morgan fingerprint density at radius 1 is 1.25 bits per heavy atom. The van der Waals surface area contributed by atoms with E-state index in [1.165, 1.54) is 0 Å². The van der Waals surface area contributed by atoms with Crippen molar-refractivity contribution in [1.29, 1.82) is 0 Å². The zero-order valence-corrected chi connectivity index (χ0v) is 14.8. The van der Waals surface area contributed by atoms with E-state index in [2.05, 4.69) is 36.0 Å². The molecule has 6 nitrogen and oxygen atoms in total. The molecular formula is C17H19ClN4O2. The molecule has 0 N–H and O–H groups in total. The summed E-state index contributed by atoms with van der Waals surface area (Å²) >= 11 is 6.25. The lowest BCUT2D eigenvalue weighted by Gasteiger charge is -2.18. The van der Waals surface area contributed by atoms with Crippen molar-refractivity contribution in [2.75, 3.05) is 7.11 Å². The second-order valence-corrected chi connectivity index (χ2v) is 6.85. The highest BCUT2D eigenvalue weighted by Crippen LogP contribution is 2.30. The molecule has 0 spiro atoms. The average molecular weight is 347 g/mol. The molecule has 0 aliphatic carbocycles. The van der Waals surface area contributed by atoms with Gasteiger partial charge >= 0.3 is 0 Å². The van der Waals surface area contributed by atoms with Gasteiger partial charge in [0.05, 0.1) is 17.3 Å². The van der Waals surface area contributed by atoms with E-state index in [0.29, 0.717) is 16.7 Å². The van der Waals surface area contributed by atoms with Gasteiger partial charge in [0.25, 0.3) is 5.89 Å². The fraction of sp³-hybridized carbons (Fsp3) is 0.353. The molecule has 0 fully saturated rings. The summed E-state index contributed by atoms with van der Waals surface area (Å²) in [6.45, 7) is 6.21. The zero-order valence-electron chi connectivity index (χ0n) is 14.0. The van der Waals surface area contributed by atoms with Crippen LogP contribution in [-0.2, 0) is 10.3 Å². The molecule has 0 saturated carbocycles. The van der Waals surface area contributed by atoms with Crippen LogP contribution in [0, 0.1) is 0 Å². The van der Waals surface area contributed by atoms with Gasteiger partial charge in [0, 0.05) is 23.9 Å². The Kier molecular flexibility index (Phi) is 4.43. The van der Waals surface area contributed by atoms with Crippen LogP contribution in [-0.4, -0.2) is 27.0 Å². The van der Waals surface area contributed by atoms with Gasteiger partial charge in [-0.1, -0.05) is 35.0 Å². The Labute approximate surface area is 145 Å². The Morgan fingerprint density at radius 3 is 2.62 bits per heavy atom. The van der Waals surface area contributed by atoms with Gasteiger partial charge in [-0.05, 0) is 26.8 Å². The predicted molar refractivity (Wildman–Crippen MR) is 90.8 cm³/mol. The average Bonchev–Trinajstić information content (AvgIpc) is 3.18. The number of ether oxygens (including phenoxy) is 1. The van der Waals surface area contributed by atoms with Crippen molar-refractivity contribution < 1.29 is 9.26 Å². The van der Waals surface area contributed by atoms with Gasteiger partial charge in [0.1, 0.15) is 6.10 Å². The van der Waals surface area contributed by atoms with Gasteiger partial charge in [-0.2, -0.15) is 10.1 Å². The highest BCUT2D eigenvalue weighted by molar-refractivity contribution is 6.31. The standard InChI is InChI=1S/C17H19ClN4O2/c1-17(2,3)22-10-11(9-19-22)16-20-15(21-24-16)14(23-4)12-7-5-6-8-13(12)18/h5-10,14H,1-4H3/t14-/m0/s1. The number of nitrogens with zero attached hydrogens (tertiary/aromatic N) is 4. The summed E-state index contributed by atoms with van der Waals surface area (Å²) in [6.07, 6.45) is 3.10. The third kappa shape index (κ3) is 3.20. The smallest absolute Gasteiger partial charge is 0.261 e. The second kappa shape index (κ2) is 6.37. The first-order valence-electron chi connectivity index (χ1n) is 7.56. The third-order valence-electron chi connectivity index (χ3n) is 3.62. The molecule has 1 aromatic carbocycles. The Morgan fingerprint density at radius 2 is 2.00 bits per heavy atom. The maximum Gasteiger partial charge on any atom is 0.261 e. The SMILES string of the molecule is CO[C@H](c1noc(-c2cnn(C(C)(C)C)c2)n1)c1ccccc1Cl. The number of benzene rings is 1. The molecule has 3 aromatic rings. The second-order valence-electron chi connectivity index (χ2n) is 6.44. The molecule has 2 heterocycles. The van der Waals surface area contributed by atoms with Crippen LogP contribution in [0.4, 0.5) is 0 Å². The summed E-state index contributed by atoms with van der Waals surface area (Å²) in [7, 11) is 1.58. The minimum atomic E-state index is -0.492. The van der Waals surface area contributed by atoms with E-state index in [1.807, 2.05) is 29.1 Å². The molecule has 7 heteroatoms. The first kappa shape index (κ1) is 16.7. The molecule has 2 aromatic heterocycles. The largest absolute Gasteiger partial charge is 0.368 e. The number of hydrogen-bond donors (Lipinski definition) is 0. The highest BCUT2D eigenvalue weighted by Gasteiger charge is 2.23. The van der Waals surface area contributed by atoms with Crippen molar-refractivity contribution >= 4 is 11.6 Å². The first-order chi connectivity index (χ1) is 11.4. The summed E-state index contributed by atoms with van der Waals surface area (Å²) in [5.41, 5.74) is 1.44. The molecule has 0 bridgehead atoms. The number of methoxy groups -OCH3 is 1. The Hall–Kier alpha value is -2.18. The molecule has 1 atom stereocenters. The maximum absolute atomic E-state index is 6.25. The van der Waals surface area contributed by atoms with Crippen LogP contribution >= 0.6 is 11.6 Å². The highest BCUT2D eigenvalue weighted by atomic mass is 35.5. The molecule has 0 aliphatic heterocycles. The molecule has 24 heavy (non-hydrogen) atoms. The van der Waals surface area contributed by atoms with Gasteiger partial charge in [0.2, 0.25) is 5.82 Å². The van der Waals surface area contributed by atoms with Crippen LogP contribution in [0.25, 0.3) is 11.5 Å². The summed E-state index contributed by atoms with van der Waals surface area (Å²) < 4.78 is 12.8. The summed E-state index contributed by atoms with van der Waals surface area (Å²) in [6, 6.07) is 7.43. The monoisotopic (exact) mass is 346 g/mol. The van der Waals surface area contributed by atoms with Gasteiger partial charge in [-0.3, -0.25) is 4.68 Å². The molecule has 0 aliphatic rings. The van der Waals surface area contributed by atoms with E-state index < -0.39 is 6.10 Å². The normalized spacial score (nSPS) is 13.2. The van der Waals surface area contributed by atoms with Crippen LogP contribution in [0.3, 0.4) is 0 Å². The molecule has 0 amide bonds. The number of hydrogen-bond acceptors (Lipinski definition) is 5. The lowest BCUT2D eigenvalue weighted by Crippen LogP contribution is -2.21. The van der Waals surface area contributed by atoms with Crippen LogP contribution < -0.4 is 0 Å². The first-order valence-corrected chi connectivity index (χ1v) is 7.94. The van der Waals surface area contributed by atoms with Gasteiger partial charge < -0.3 is 9.26 Å². The zero-order chi connectivity index (χ0) is 17.3. The summed E-state index contributed by atoms with van der Waals surface area (Å²) in [5, 5.41) is 8.99. The van der Waals surface area contributed by atoms with Gasteiger partial charge in [0.15, 0.2) is 0 Å². The molecule has 0 saturated heterocycles. The Bertz CT molecular complexity index is 835. The minimum Gasteiger partial charge on any atom is -0.368 e. The van der Waals surface area contributed by atoms with Crippen molar-refractivity contribution in [1.82, 2.24) is 19.9 Å². The molecular weight excluding hydrogens is 328 g/mol. The van der Waals surface area contributed by atoms with E-state index in [4.69, 9.17) is 20.9 Å². The van der Waals surface area contributed by atoms with Crippen molar-refractivity contribution in [2.45, 2.75) is 32.4 Å². The van der Waals surface area contributed by atoms with Crippen LogP contribution in [0.5, 0.6) is 0 Å². The van der Waals surface area contributed by atoms with Crippen LogP contribution in [0.1, 0.15) is 38.3 Å². The van der Waals surface area contributed by atoms with Crippen molar-refractivity contribution in [2.24, 2.45) is 0 Å². The molecule has 126 valence electrons. The van der Waals surface area contributed by atoms with Crippen molar-refractivity contribution in [3.63, 3.8) is 0 Å². The van der Waals surface area contributed by atoms with Crippen LogP contribution in [0.15, 0.2) is 41.2 Å². The molecule has 0 radical (unpaired) electrons. The van der Waals surface area contributed by atoms with Crippen LogP contribution in [0.2, 0.25) is 5.02 Å². The fourth-order valence-electron chi connectivity index (χ4n) is 2.32. The quantitative estimate of drug-likeness (QED) is 0.712. The van der Waals surface area contributed by atoms with E-state index in [9.17, 15) is 0 Å². The Balaban J connectivity index is 1.92. The predicted octanol–water partition coefficient (Wildman–Crippen LogP) is 4.08. The summed E-state index contributed by atoms with van der Waals surface area (Å²) in [4.78, 5) is 4.45. The van der Waals surface area contributed by atoms with E-state index in [1.54, 1.807) is 19.4 Å². The maximum atomic E-state index is 6.25. The number of rotatable bonds is 4. The summed E-state index contributed by atoms with van der Waals surface area (Å²) in [5.74, 6) is 0.818. The van der Waals surface area contributed by atoms with Crippen molar-refractivity contribution in [3.05, 3.63) is 53.1 Å². The van der Waals surface area contributed by atoms with Crippen molar-refractivity contribution in [3.8, 4) is 11.5 Å². The van der Waals surface area contributed by atoms with E-state index in [0.717, 1.165) is 11.1 Å². The fourth-order valence-corrected chi connectivity index (χ4v) is 2.55. The lowest BCUT2D eigenvalue weighted by molar-refractivity contribution is 0.126. The topological polar surface area (TPSA) is 66.0 Å². The van der Waals surface area contributed by atoms with Gasteiger partial charge in [-0.25, -0.2) is 0 Å². The van der Waals surface area contributed by atoms with E-state index >= 15 is 0 Å².